The Morgan fingerprint density at radius 2 is 2.12 bits per heavy atom. The standard InChI is InChI=1S/C14H29N3/c1-16(2)12-14-8-5-11-17(14)10-4-7-13-6-3-9-15-13/h13-15H,3-12H2,1-2H3. The number of likely N-dealkylation sites (tertiary alicyclic amines) is 1. The van der Waals surface area contributed by atoms with Gasteiger partial charge in [-0.15, -0.1) is 0 Å². The Bertz CT molecular complexity index is 212. The summed E-state index contributed by atoms with van der Waals surface area (Å²) in [4.78, 5) is 5.05. The Balaban J connectivity index is 1.63. The van der Waals surface area contributed by atoms with Gasteiger partial charge >= 0.3 is 0 Å². The molecule has 0 spiro atoms. The average Bonchev–Trinajstić information content (AvgIpc) is 2.90. The second-order valence-corrected chi connectivity index (χ2v) is 6.03. The fourth-order valence-electron chi connectivity index (χ4n) is 3.36. The molecule has 100 valence electrons. The van der Waals surface area contributed by atoms with Crippen LogP contribution in [0.5, 0.6) is 0 Å². The number of likely N-dealkylation sites (N-methyl/N-ethyl adjacent to an activating group) is 1. The largest absolute Gasteiger partial charge is 0.314 e. The summed E-state index contributed by atoms with van der Waals surface area (Å²) in [7, 11) is 4.39. The molecule has 0 radical (unpaired) electrons. The molecule has 2 fully saturated rings. The van der Waals surface area contributed by atoms with Gasteiger partial charge in [-0.1, -0.05) is 0 Å². The van der Waals surface area contributed by atoms with Crippen LogP contribution >= 0.6 is 0 Å². The van der Waals surface area contributed by atoms with Crippen LogP contribution in [0.3, 0.4) is 0 Å². The lowest BCUT2D eigenvalue weighted by atomic mass is 10.1. The molecule has 2 rings (SSSR count). The molecule has 0 aromatic heterocycles. The predicted octanol–water partition coefficient (Wildman–Crippen LogP) is 1.54. The topological polar surface area (TPSA) is 18.5 Å². The first-order valence-corrected chi connectivity index (χ1v) is 7.38. The van der Waals surface area contributed by atoms with Gasteiger partial charge in [-0.05, 0) is 72.3 Å². The highest BCUT2D eigenvalue weighted by Crippen LogP contribution is 2.19. The zero-order valence-electron chi connectivity index (χ0n) is 11.6. The normalized spacial score (nSPS) is 30.5. The molecule has 2 atom stereocenters. The van der Waals surface area contributed by atoms with Crippen molar-refractivity contribution in [1.29, 1.82) is 0 Å². The molecule has 2 heterocycles. The van der Waals surface area contributed by atoms with Gasteiger partial charge in [-0.2, -0.15) is 0 Å². The van der Waals surface area contributed by atoms with Gasteiger partial charge in [0.25, 0.3) is 0 Å². The number of hydrogen-bond donors (Lipinski definition) is 1. The van der Waals surface area contributed by atoms with Crippen LogP contribution in [0.2, 0.25) is 0 Å². The highest BCUT2D eigenvalue weighted by atomic mass is 15.2. The van der Waals surface area contributed by atoms with Gasteiger partial charge in [0.05, 0.1) is 0 Å². The van der Waals surface area contributed by atoms with Crippen LogP contribution in [0, 0.1) is 0 Å². The molecule has 0 bridgehead atoms. The molecule has 2 aliphatic rings. The predicted molar refractivity (Wildman–Crippen MR) is 73.4 cm³/mol. The smallest absolute Gasteiger partial charge is 0.0223 e. The van der Waals surface area contributed by atoms with Gasteiger partial charge < -0.3 is 10.2 Å². The lowest BCUT2D eigenvalue weighted by Gasteiger charge is -2.27. The zero-order chi connectivity index (χ0) is 12.1. The van der Waals surface area contributed by atoms with Crippen molar-refractivity contribution in [3.05, 3.63) is 0 Å². The van der Waals surface area contributed by atoms with E-state index < -0.39 is 0 Å². The number of rotatable bonds is 6. The summed E-state index contributed by atoms with van der Waals surface area (Å²) in [5, 5.41) is 3.60. The SMILES string of the molecule is CN(C)CC1CCCN1CCCC1CCCN1. The summed E-state index contributed by atoms with van der Waals surface area (Å²) in [6.07, 6.45) is 8.35. The Labute approximate surface area is 107 Å². The summed E-state index contributed by atoms with van der Waals surface area (Å²) < 4.78 is 0. The van der Waals surface area contributed by atoms with Crippen molar-refractivity contribution in [3.63, 3.8) is 0 Å². The third-order valence-corrected chi connectivity index (χ3v) is 4.24. The van der Waals surface area contributed by atoms with Crippen LogP contribution in [0.25, 0.3) is 0 Å². The molecule has 0 aliphatic carbocycles. The second kappa shape index (κ2) is 6.72. The van der Waals surface area contributed by atoms with Crippen LogP contribution in [0.4, 0.5) is 0 Å². The average molecular weight is 239 g/mol. The van der Waals surface area contributed by atoms with Crippen LogP contribution in [0.1, 0.15) is 38.5 Å². The fraction of sp³-hybridized carbons (Fsp3) is 1.00. The van der Waals surface area contributed by atoms with E-state index in [2.05, 4.69) is 29.2 Å². The first-order chi connectivity index (χ1) is 8.25. The van der Waals surface area contributed by atoms with E-state index in [1.54, 1.807) is 0 Å². The molecule has 0 saturated carbocycles. The van der Waals surface area contributed by atoms with E-state index in [-0.39, 0.29) is 0 Å². The van der Waals surface area contributed by atoms with E-state index in [1.165, 1.54) is 64.7 Å². The highest BCUT2D eigenvalue weighted by Gasteiger charge is 2.24. The molecule has 3 nitrogen and oxygen atoms in total. The van der Waals surface area contributed by atoms with E-state index >= 15 is 0 Å². The lowest BCUT2D eigenvalue weighted by Crippen LogP contribution is -2.38. The molecule has 2 saturated heterocycles. The van der Waals surface area contributed by atoms with Crippen molar-refractivity contribution in [2.24, 2.45) is 0 Å². The summed E-state index contributed by atoms with van der Waals surface area (Å²) in [5.74, 6) is 0. The van der Waals surface area contributed by atoms with Crippen LogP contribution in [-0.4, -0.2) is 62.2 Å². The van der Waals surface area contributed by atoms with E-state index in [0.29, 0.717) is 0 Å². The number of nitrogens with one attached hydrogen (secondary N) is 1. The molecular formula is C14H29N3. The Morgan fingerprint density at radius 1 is 1.24 bits per heavy atom. The van der Waals surface area contributed by atoms with Crippen LogP contribution in [0.15, 0.2) is 0 Å². The van der Waals surface area contributed by atoms with Gasteiger partial charge in [0.1, 0.15) is 0 Å². The van der Waals surface area contributed by atoms with Crippen molar-refractivity contribution >= 4 is 0 Å². The minimum Gasteiger partial charge on any atom is -0.314 e. The summed E-state index contributed by atoms with van der Waals surface area (Å²) in [6, 6.07) is 1.64. The molecular weight excluding hydrogens is 210 g/mol. The molecule has 2 aliphatic heterocycles. The first-order valence-electron chi connectivity index (χ1n) is 7.38. The van der Waals surface area contributed by atoms with Crippen molar-refractivity contribution in [3.8, 4) is 0 Å². The van der Waals surface area contributed by atoms with Gasteiger partial charge in [0.2, 0.25) is 0 Å². The second-order valence-electron chi connectivity index (χ2n) is 6.03. The van der Waals surface area contributed by atoms with Crippen molar-refractivity contribution < 1.29 is 0 Å². The number of nitrogens with zero attached hydrogens (tertiary/aromatic N) is 2. The van der Waals surface area contributed by atoms with E-state index in [0.717, 1.165) is 12.1 Å². The van der Waals surface area contributed by atoms with Crippen molar-refractivity contribution in [2.45, 2.75) is 50.6 Å². The van der Waals surface area contributed by atoms with E-state index in [4.69, 9.17) is 0 Å². The monoisotopic (exact) mass is 239 g/mol. The Morgan fingerprint density at radius 3 is 2.82 bits per heavy atom. The molecule has 0 aromatic carbocycles. The fourth-order valence-corrected chi connectivity index (χ4v) is 3.36. The van der Waals surface area contributed by atoms with Crippen LogP contribution in [-0.2, 0) is 0 Å². The third kappa shape index (κ3) is 4.23. The van der Waals surface area contributed by atoms with Crippen LogP contribution < -0.4 is 5.32 Å². The Hall–Kier alpha value is -0.120. The maximum atomic E-state index is 3.60. The molecule has 2 unspecified atom stereocenters. The maximum Gasteiger partial charge on any atom is 0.0223 e. The highest BCUT2D eigenvalue weighted by molar-refractivity contribution is 4.81. The summed E-state index contributed by atoms with van der Waals surface area (Å²) in [6.45, 7) is 5.13. The Kier molecular flexibility index (Phi) is 5.26. The molecule has 1 N–H and O–H groups in total. The van der Waals surface area contributed by atoms with Crippen molar-refractivity contribution in [1.82, 2.24) is 15.1 Å². The lowest BCUT2D eigenvalue weighted by molar-refractivity contribution is 0.203. The number of hydrogen-bond acceptors (Lipinski definition) is 3. The zero-order valence-corrected chi connectivity index (χ0v) is 11.6. The van der Waals surface area contributed by atoms with E-state index in [9.17, 15) is 0 Å². The summed E-state index contributed by atoms with van der Waals surface area (Å²) >= 11 is 0. The van der Waals surface area contributed by atoms with Gasteiger partial charge in [-0.3, -0.25) is 4.90 Å². The maximum absolute atomic E-state index is 3.60. The molecule has 17 heavy (non-hydrogen) atoms. The summed E-state index contributed by atoms with van der Waals surface area (Å²) in [5.41, 5.74) is 0. The van der Waals surface area contributed by atoms with Gasteiger partial charge in [-0.25, -0.2) is 0 Å². The molecule has 0 amide bonds. The van der Waals surface area contributed by atoms with Gasteiger partial charge in [0, 0.05) is 18.6 Å². The molecule has 3 heteroatoms. The minimum atomic E-state index is 0.821. The molecule has 0 aromatic rings. The minimum absolute atomic E-state index is 0.821. The third-order valence-electron chi connectivity index (χ3n) is 4.24. The van der Waals surface area contributed by atoms with Gasteiger partial charge in [0.15, 0.2) is 0 Å². The quantitative estimate of drug-likeness (QED) is 0.758. The van der Waals surface area contributed by atoms with Crippen molar-refractivity contribution in [2.75, 3.05) is 40.3 Å². The first kappa shape index (κ1) is 13.3. The van der Waals surface area contributed by atoms with E-state index in [1.807, 2.05) is 0 Å².